The summed E-state index contributed by atoms with van der Waals surface area (Å²) < 4.78 is 4.98. The Balaban J connectivity index is 1.78. The zero-order valence-electron chi connectivity index (χ0n) is 15.2. The monoisotopic (exact) mass is 364 g/mol. The summed E-state index contributed by atoms with van der Waals surface area (Å²) >= 11 is 0. The third-order valence-electron chi connectivity index (χ3n) is 3.87. The van der Waals surface area contributed by atoms with Crippen LogP contribution in [0, 0.1) is 6.92 Å². The standard InChI is InChI=1S/C20H20N4O3/c1-13(2)20(26)27-11-10-21-19(25)15-9-8-14(3)12-18(15)24-22-16-6-4-5-7-17(16)23-24/h4-9,12H,1,10-11H2,2-3H3,(H,21,25). The molecule has 0 aliphatic rings. The maximum absolute atomic E-state index is 12.6. The lowest BCUT2D eigenvalue weighted by atomic mass is 10.1. The van der Waals surface area contributed by atoms with Gasteiger partial charge < -0.3 is 10.1 Å². The Morgan fingerprint density at radius 2 is 1.81 bits per heavy atom. The molecular weight excluding hydrogens is 344 g/mol. The smallest absolute Gasteiger partial charge is 0.333 e. The fraction of sp³-hybridized carbons (Fsp3) is 0.200. The maximum Gasteiger partial charge on any atom is 0.333 e. The second-order valence-electron chi connectivity index (χ2n) is 6.17. The number of hydrogen-bond acceptors (Lipinski definition) is 5. The number of rotatable bonds is 6. The summed E-state index contributed by atoms with van der Waals surface area (Å²) in [5.41, 5.74) is 3.82. The van der Waals surface area contributed by atoms with Crippen molar-refractivity contribution in [1.82, 2.24) is 20.3 Å². The number of aromatic nitrogens is 3. The molecule has 0 spiro atoms. The number of aryl methyl sites for hydroxylation is 1. The van der Waals surface area contributed by atoms with Gasteiger partial charge in [-0.05, 0) is 43.7 Å². The maximum atomic E-state index is 12.6. The van der Waals surface area contributed by atoms with Crippen molar-refractivity contribution in [2.75, 3.05) is 13.2 Å². The Kier molecular flexibility index (Phi) is 5.30. The van der Waals surface area contributed by atoms with Crippen molar-refractivity contribution in [2.24, 2.45) is 0 Å². The first-order chi connectivity index (χ1) is 13.0. The third-order valence-corrected chi connectivity index (χ3v) is 3.87. The van der Waals surface area contributed by atoms with Crippen molar-refractivity contribution in [3.05, 3.63) is 65.7 Å². The first-order valence-electron chi connectivity index (χ1n) is 8.49. The van der Waals surface area contributed by atoms with E-state index < -0.39 is 5.97 Å². The van der Waals surface area contributed by atoms with Gasteiger partial charge in [0.1, 0.15) is 17.6 Å². The Bertz CT molecular complexity index is 990. The van der Waals surface area contributed by atoms with Crippen LogP contribution in [0.4, 0.5) is 0 Å². The number of amides is 1. The topological polar surface area (TPSA) is 86.1 Å². The summed E-state index contributed by atoms with van der Waals surface area (Å²) in [5.74, 6) is -0.773. The van der Waals surface area contributed by atoms with E-state index in [1.165, 1.54) is 4.80 Å². The van der Waals surface area contributed by atoms with Crippen molar-refractivity contribution >= 4 is 22.9 Å². The molecule has 0 saturated carbocycles. The average molecular weight is 364 g/mol. The molecule has 138 valence electrons. The predicted octanol–water partition coefficient (Wildman–Crippen LogP) is 2.58. The Morgan fingerprint density at radius 3 is 2.44 bits per heavy atom. The van der Waals surface area contributed by atoms with Crippen molar-refractivity contribution in [3.8, 4) is 5.69 Å². The van der Waals surface area contributed by atoms with Gasteiger partial charge in [0.15, 0.2) is 0 Å². The van der Waals surface area contributed by atoms with E-state index in [2.05, 4.69) is 22.1 Å². The van der Waals surface area contributed by atoms with E-state index in [0.29, 0.717) is 16.8 Å². The Hall–Kier alpha value is -3.48. The molecule has 0 bridgehead atoms. The van der Waals surface area contributed by atoms with Crippen LogP contribution < -0.4 is 5.32 Å². The zero-order valence-corrected chi connectivity index (χ0v) is 15.2. The molecule has 0 unspecified atom stereocenters. The van der Waals surface area contributed by atoms with E-state index >= 15 is 0 Å². The van der Waals surface area contributed by atoms with E-state index in [9.17, 15) is 9.59 Å². The number of nitrogens with zero attached hydrogens (tertiary/aromatic N) is 3. The van der Waals surface area contributed by atoms with Crippen LogP contribution in [0.3, 0.4) is 0 Å². The van der Waals surface area contributed by atoms with Crippen LogP contribution in [0.2, 0.25) is 0 Å². The molecule has 7 heteroatoms. The number of nitrogens with one attached hydrogen (secondary N) is 1. The summed E-state index contributed by atoms with van der Waals surface area (Å²) in [6.07, 6.45) is 0. The number of hydrogen-bond donors (Lipinski definition) is 1. The first-order valence-corrected chi connectivity index (χ1v) is 8.49. The Morgan fingerprint density at radius 1 is 1.15 bits per heavy atom. The molecule has 1 amide bonds. The van der Waals surface area contributed by atoms with Crippen LogP contribution in [0.1, 0.15) is 22.8 Å². The summed E-state index contributed by atoms with van der Waals surface area (Å²) in [5, 5.41) is 11.6. The lowest BCUT2D eigenvalue weighted by Gasteiger charge is -2.10. The molecule has 0 saturated heterocycles. The van der Waals surface area contributed by atoms with E-state index in [1.54, 1.807) is 13.0 Å². The average Bonchev–Trinajstić information content (AvgIpc) is 3.08. The fourth-order valence-corrected chi connectivity index (χ4v) is 2.49. The van der Waals surface area contributed by atoms with Crippen molar-refractivity contribution < 1.29 is 14.3 Å². The second kappa shape index (κ2) is 7.82. The van der Waals surface area contributed by atoms with Crippen molar-refractivity contribution in [2.45, 2.75) is 13.8 Å². The normalized spacial score (nSPS) is 10.6. The van der Waals surface area contributed by atoms with Crippen LogP contribution in [0.5, 0.6) is 0 Å². The van der Waals surface area contributed by atoms with Gasteiger partial charge >= 0.3 is 5.97 Å². The molecule has 1 N–H and O–H groups in total. The van der Waals surface area contributed by atoms with Gasteiger partial charge in [0, 0.05) is 5.57 Å². The lowest BCUT2D eigenvalue weighted by Crippen LogP contribution is -2.29. The second-order valence-corrected chi connectivity index (χ2v) is 6.17. The molecule has 2 aromatic carbocycles. The van der Waals surface area contributed by atoms with Crippen LogP contribution in [0.15, 0.2) is 54.6 Å². The van der Waals surface area contributed by atoms with Crippen LogP contribution in [-0.4, -0.2) is 40.0 Å². The van der Waals surface area contributed by atoms with E-state index in [4.69, 9.17) is 4.74 Å². The molecule has 1 aromatic heterocycles. The quantitative estimate of drug-likeness (QED) is 0.413. The molecule has 0 atom stereocenters. The highest BCUT2D eigenvalue weighted by molar-refractivity contribution is 5.98. The van der Waals surface area contributed by atoms with Gasteiger partial charge in [0.2, 0.25) is 0 Å². The number of fused-ring (bicyclic) bond motifs is 1. The van der Waals surface area contributed by atoms with Gasteiger partial charge in [0.25, 0.3) is 5.91 Å². The van der Waals surface area contributed by atoms with Crippen LogP contribution >= 0.6 is 0 Å². The minimum atomic E-state index is -0.479. The van der Waals surface area contributed by atoms with Gasteiger partial charge in [0.05, 0.1) is 17.8 Å². The fourth-order valence-electron chi connectivity index (χ4n) is 2.49. The molecule has 1 heterocycles. The summed E-state index contributed by atoms with van der Waals surface area (Å²) in [6, 6.07) is 12.9. The predicted molar refractivity (Wildman–Crippen MR) is 102 cm³/mol. The molecule has 0 aliphatic heterocycles. The highest BCUT2D eigenvalue weighted by Gasteiger charge is 2.15. The molecule has 0 radical (unpaired) electrons. The summed E-state index contributed by atoms with van der Waals surface area (Å²) in [4.78, 5) is 25.4. The highest BCUT2D eigenvalue weighted by atomic mass is 16.5. The third kappa shape index (κ3) is 4.20. The molecule has 3 rings (SSSR count). The number of esters is 1. The largest absolute Gasteiger partial charge is 0.460 e. The Labute approximate surface area is 156 Å². The first kappa shape index (κ1) is 18.3. The van der Waals surface area contributed by atoms with Crippen molar-refractivity contribution in [3.63, 3.8) is 0 Å². The molecular formula is C20H20N4O3. The SMILES string of the molecule is C=C(C)C(=O)OCCNC(=O)c1ccc(C)cc1-n1nc2ccccc2n1. The zero-order chi connectivity index (χ0) is 19.4. The minimum absolute atomic E-state index is 0.0720. The van der Waals surface area contributed by atoms with Gasteiger partial charge in [-0.25, -0.2) is 4.79 Å². The van der Waals surface area contributed by atoms with Gasteiger partial charge in [-0.1, -0.05) is 24.8 Å². The van der Waals surface area contributed by atoms with Crippen LogP contribution in [0.25, 0.3) is 16.7 Å². The summed E-state index contributed by atoms with van der Waals surface area (Å²) in [6.45, 7) is 7.28. The number of carbonyl (C=O) groups excluding carboxylic acids is 2. The van der Waals surface area contributed by atoms with E-state index in [0.717, 1.165) is 16.6 Å². The molecule has 0 aliphatic carbocycles. The van der Waals surface area contributed by atoms with Gasteiger partial charge in [-0.3, -0.25) is 4.79 Å². The van der Waals surface area contributed by atoms with Crippen molar-refractivity contribution in [1.29, 1.82) is 0 Å². The molecule has 0 fully saturated rings. The van der Waals surface area contributed by atoms with E-state index in [-0.39, 0.29) is 19.1 Å². The van der Waals surface area contributed by atoms with Gasteiger partial charge in [-0.2, -0.15) is 0 Å². The molecule has 7 nitrogen and oxygen atoms in total. The summed E-state index contributed by atoms with van der Waals surface area (Å²) in [7, 11) is 0. The lowest BCUT2D eigenvalue weighted by molar-refractivity contribution is -0.138. The molecule has 27 heavy (non-hydrogen) atoms. The minimum Gasteiger partial charge on any atom is -0.460 e. The number of ether oxygens (including phenoxy) is 1. The van der Waals surface area contributed by atoms with Crippen LogP contribution in [-0.2, 0) is 9.53 Å². The highest BCUT2D eigenvalue weighted by Crippen LogP contribution is 2.18. The van der Waals surface area contributed by atoms with E-state index in [1.807, 2.05) is 43.3 Å². The number of carbonyl (C=O) groups is 2. The van der Waals surface area contributed by atoms with Gasteiger partial charge in [-0.15, -0.1) is 15.0 Å². The number of benzene rings is 2. The molecule has 3 aromatic rings.